The van der Waals surface area contributed by atoms with Gasteiger partial charge in [-0.3, -0.25) is 9.59 Å². The molecule has 138 valence electrons. The van der Waals surface area contributed by atoms with Gasteiger partial charge in [0.15, 0.2) is 6.29 Å². The molecular weight excluding hydrogens is 322 g/mol. The Morgan fingerprint density at radius 3 is 2.68 bits per heavy atom. The van der Waals surface area contributed by atoms with Crippen LogP contribution in [0, 0.1) is 6.92 Å². The zero-order chi connectivity index (χ0) is 18.1. The van der Waals surface area contributed by atoms with Crippen LogP contribution in [0.3, 0.4) is 0 Å². The largest absolute Gasteiger partial charge is 0.493 e. The van der Waals surface area contributed by atoms with Crippen molar-refractivity contribution in [2.24, 2.45) is 0 Å². The second kappa shape index (κ2) is 10.0. The number of morpholine rings is 1. The molecule has 0 radical (unpaired) electrons. The van der Waals surface area contributed by atoms with Crippen LogP contribution >= 0.6 is 0 Å². The Kier molecular flexibility index (Phi) is 7.73. The van der Waals surface area contributed by atoms with Crippen LogP contribution in [0.2, 0.25) is 0 Å². The summed E-state index contributed by atoms with van der Waals surface area (Å²) in [4.78, 5) is 25.2. The molecule has 1 fully saturated rings. The van der Waals surface area contributed by atoms with E-state index in [1.165, 1.54) is 0 Å². The molecule has 1 aromatic carbocycles. The van der Waals surface area contributed by atoms with Gasteiger partial charge in [-0.1, -0.05) is 6.92 Å². The maximum absolute atomic E-state index is 12.1. The molecule has 0 unspecified atom stereocenters. The summed E-state index contributed by atoms with van der Waals surface area (Å²) in [5.74, 6) is 1.40. The Morgan fingerprint density at radius 2 is 2.00 bits per heavy atom. The van der Waals surface area contributed by atoms with Gasteiger partial charge < -0.3 is 19.1 Å². The molecule has 1 aliphatic heterocycles. The highest BCUT2D eigenvalue weighted by Gasteiger charge is 2.17. The van der Waals surface area contributed by atoms with Gasteiger partial charge in [0.2, 0.25) is 5.91 Å². The van der Waals surface area contributed by atoms with Gasteiger partial charge in [0.1, 0.15) is 11.5 Å². The fourth-order valence-electron chi connectivity index (χ4n) is 2.72. The minimum atomic E-state index is 0.124. The number of carbonyl (C=O) groups is 2. The standard InChI is InChI=1S/C19H27NO5/c1-3-10-24-17-7-6-16(14-21)19(15(17)2)25-11-4-5-18(22)20-8-12-23-13-9-20/h6-7,14H,3-5,8-13H2,1-2H3. The summed E-state index contributed by atoms with van der Waals surface area (Å²) >= 11 is 0. The van der Waals surface area contributed by atoms with Gasteiger partial charge in [-0.2, -0.15) is 0 Å². The molecule has 0 saturated carbocycles. The monoisotopic (exact) mass is 349 g/mol. The van der Waals surface area contributed by atoms with Crippen molar-refractivity contribution in [1.82, 2.24) is 4.90 Å². The predicted molar refractivity (Wildman–Crippen MR) is 94.5 cm³/mol. The van der Waals surface area contributed by atoms with E-state index < -0.39 is 0 Å². The van der Waals surface area contributed by atoms with Crippen molar-refractivity contribution in [3.8, 4) is 11.5 Å². The van der Waals surface area contributed by atoms with E-state index in [0.29, 0.717) is 63.7 Å². The Balaban J connectivity index is 1.88. The highest BCUT2D eigenvalue weighted by atomic mass is 16.5. The Bertz CT molecular complexity index is 581. The smallest absolute Gasteiger partial charge is 0.222 e. The highest BCUT2D eigenvalue weighted by Crippen LogP contribution is 2.31. The van der Waals surface area contributed by atoms with E-state index in [-0.39, 0.29) is 5.91 Å². The molecule has 0 atom stereocenters. The van der Waals surface area contributed by atoms with Gasteiger partial charge in [-0.15, -0.1) is 0 Å². The van der Waals surface area contributed by atoms with Crippen molar-refractivity contribution < 1.29 is 23.8 Å². The Morgan fingerprint density at radius 1 is 1.24 bits per heavy atom. The number of amides is 1. The normalized spacial score (nSPS) is 14.2. The topological polar surface area (TPSA) is 65.1 Å². The average Bonchev–Trinajstić information content (AvgIpc) is 2.65. The number of ether oxygens (including phenoxy) is 3. The summed E-state index contributed by atoms with van der Waals surface area (Å²) in [5, 5.41) is 0. The summed E-state index contributed by atoms with van der Waals surface area (Å²) in [6.45, 7) is 7.45. The first-order chi connectivity index (χ1) is 12.2. The van der Waals surface area contributed by atoms with Crippen LogP contribution in [0.1, 0.15) is 42.1 Å². The molecule has 1 heterocycles. The van der Waals surface area contributed by atoms with Crippen LogP contribution in [-0.4, -0.2) is 56.6 Å². The first-order valence-corrected chi connectivity index (χ1v) is 8.87. The molecule has 0 N–H and O–H groups in total. The van der Waals surface area contributed by atoms with E-state index in [1.807, 2.05) is 18.7 Å². The Labute approximate surface area is 149 Å². The van der Waals surface area contributed by atoms with Gasteiger partial charge >= 0.3 is 0 Å². The zero-order valence-electron chi connectivity index (χ0n) is 15.1. The lowest BCUT2D eigenvalue weighted by Gasteiger charge is -2.26. The molecule has 1 aliphatic rings. The van der Waals surface area contributed by atoms with Crippen molar-refractivity contribution in [3.63, 3.8) is 0 Å². The molecule has 0 bridgehead atoms. The third-order valence-corrected chi connectivity index (χ3v) is 4.12. The summed E-state index contributed by atoms with van der Waals surface area (Å²) in [6, 6.07) is 3.50. The second-order valence-electron chi connectivity index (χ2n) is 6.02. The summed E-state index contributed by atoms with van der Waals surface area (Å²) in [5.41, 5.74) is 1.32. The molecular formula is C19H27NO5. The number of hydrogen-bond donors (Lipinski definition) is 0. The van der Waals surface area contributed by atoms with Crippen LogP contribution in [0.15, 0.2) is 12.1 Å². The molecule has 1 amide bonds. The van der Waals surface area contributed by atoms with E-state index in [4.69, 9.17) is 14.2 Å². The molecule has 6 heteroatoms. The third kappa shape index (κ3) is 5.46. The van der Waals surface area contributed by atoms with Crippen LogP contribution in [0.25, 0.3) is 0 Å². The van der Waals surface area contributed by atoms with Crippen molar-refractivity contribution in [3.05, 3.63) is 23.3 Å². The van der Waals surface area contributed by atoms with E-state index in [1.54, 1.807) is 12.1 Å². The number of benzene rings is 1. The molecule has 2 rings (SSSR count). The van der Waals surface area contributed by atoms with Crippen LogP contribution in [-0.2, 0) is 9.53 Å². The van der Waals surface area contributed by atoms with Crippen LogP contribution in [0.5, 0.6) is 11.5 Å². The molecule has 0 spiro atoms. The summed E-state index contributed by atoms with van der Waals surface area (Å²) < 4.78 is 16.7. The average molecular weight is 349 g/mol. The first-order valence-electron chi connectivity index (χ1n) is 8.87. The van der Waals surface area contributed by atoms with Crippen molar-refractivity contribution in [2.75, 3.05) is 39.5 Å². The fraction of sp³-hybridized carbons (Fsp3) is 0.579. The molecule has 1 saturated heterocycles. The zero-order valence-corrected chi connectivity index (χ0v) is 15.1. The SMILES string of the molecule is CCCOc1ccc(C=O)c(OCCCC(=O)N2CCOCC2)c1C. The van der Waals surface area contributed by atoms with Gasteiger partial charge in [-0.05, 0) is 31.9 Å². The fourth-order valence-corrected chi connectivity index (χ4v) is 2.72. The predicted octanol–water partition coefficient (Wildman–Crippen LogP) is 2.61. The van der Waals surface area contributed by atoms with E-state index >= 15 is 0 Å². The number of hydrogen-bond acceptors (Lipinski definition) is 5. The number of rotatable bonds is 9. The molecule has 6 nitrogen and oxygen atoms in total. The quantitative estimate of drug-likeness (QED) is 0.506. The maximum Gasteiger partial charge on any atom is 0.222 e. The van der Waals surface area contributed by atoms with Crippen molar-refractivity contribution in [2.45, 2.75) is 33.1 Å². The van der Waals surface area contributed by atoms with Gasteiger partial charge in [0.25, 0.3) is 0 Å². The van der Waals surface area contributed by atoms with Crippen LogP contribution in [0.4, 0.5) is 0 Å². The summed E-state index contributed by atoms with van der Waals surface area (Å²) in [7, 11) is 0. The summed E-state index contributed by atoms with van der Waals surface area (Å²) in [6.07, 6.45) is 2.73. The van der Waals surface area contributed by atoms with E-state index in [2.05, 4.69) is 0 Å². The molecule has 25 heavy (non-hydrogen) atoms. The van der Waals surface area contributed by atoms with Crippen molar-refractivity contribution in [1.29, 1.82) is 0 Å². The second-order valence-corrected chi connectivity index (χ2v) is 6.02. The molecule has 1 aromatic rings. The van der Waals surface area contributed by atoms with Gasteiger partial charge in [0.05, 0.1) is 32.0 Å². The van der Waals surface area contributed by atoms with Crippen molar-refractivity contribution >= 4 is 12.2 Å². The minimum absolute atomic E-state index is 0.124. The van der Waals surface area contributed by atoms with Gasteiger partial charge in [-0.25, -0.2) is 0 Å². The lowest BCUT2D eigenvalue weighted by atomic mass is 10.1. The lowest BCUT2D eigenvalue weighted by molar-refractivity contribution is -0.135. The molecule has 0 aromatic heterocycles. The number of aldehydes is 1. The van der Waals surface area contributed by atoms with E-state index in [0.717, 1.165) is 24.0 Å². The van der Waals surface area contributed by atoms with Gasteiger partial charge in [0, 0.05) is 25.1 Å². The highest BCUT2D eigenvalue weighted by molar-refractivity contribution is 5.81. The lowest BCUT2D eigenvalue weighted by Crippen LogP contribution is -2.40. The first kappa shape index (κ1) is 19.2. The number of nitrogens with zero attached hydrogens (tertiary/aromatic N) is 1. The minimum Gasteiger partial charge on any atom is -0.493 e. The number of carbonyl (C=O) groups excluding carboxylic acids is 2. The Hall–Kier alpha value is -2.08. The maximum atomic E-state index is 12.1. The molecule has 0 aliphatic carbocycles. The van der Waals surface area contributed by atoms with Crippen LogP contribution < -0.4 is 9.47 Å². The van der Waals surface area contributed by atoms with E-state index in [9.17, 15) is 9.59 Å². The third-order valence-electron chi connectivity index (χ3n) is 4.12.